The van der Waals surface area contributed by atoms with Gasteiger partial charge >= 0.3 is 12.1 Å². The molecule has 2 N–H and O–H groups in total. The van der Waals surface area contributed by atoms with Crippen molar-refractivity contribution in [3.63, 3.8) is 0 Å². The molecular formula is C17H21NO4. The van der Waals surface area contributed by atoms with Gasteiger partial charge in [-0.05, 0) is 26.3 Å². The number of carboxylic acid groups (broad SMARTS) is 1. The number of alkyl carbamates (subject to hydrolysis) is 1. The van der Waals surface area contributed by atoms with Crippen LogP contribution < -0.4 is 5.32 Å². The molecule has 0 saturated carbocycles. The van der Waals surface area contributed by atoms with Crippen LogP contribution in [0.1, 0.15) is 32.8 Å². The SMILES string of the molecule is CC(C)(C)C#CC[C@H](NC(=O)OCc1ccccc1)C(=O)O. The van der Waals surface area contributed by atoms with E-state index < -0.39 is 18.1 Å². The number of ether oxygens (including phenoxy) is 1. The van der Waals surface area contributed by atoms with E-state index in [9.17, 15) is 9.59 Å². The van der Waals surface area contributed by atoms with Crippen molar-refractivity contribution in [1.82, 2.24) is 5.32 Å². The fourth-order valence-electron chi connectivity index (χ4n) is 1.53. The van der Waals surface area contributed by atoms with Crippen LogP contribution >= 0.6 is 0 Å². The Morgan fingerprint density at radius 2 is 1.91 bits per heavy atom. The van der Waals surface area contributed by atoms with Gasteiger partial charge in [0, 0.05) is 11.8 Å². The fourth-order valence-corrected chi connectivity index (χ4v) is 1.53. The molecule has 0 bridgehead atoms. The summed E-state index contributed by atoms with van der Waals surface area (Å²) < 4.78 is 4.99. The van der Waals surface area contributed by atoms with Crippen LogP contribution in [0.15, 0.2) is 30.3 Å². The quantitative estimate of drug-likeness (QED) is 0.820. The van der Waals surface area contributed by atoms with Gasteiger partial charge in [0.05, 0.1) is 0 Å². The highest BCUT2D eigenvalue weighted by Crippen LogP contribution is 2.10. The van der Waals surface area contributed by atoms with Gasteiger partial charge in [-0.2, -0.15) is 0 Å². The molecule has 5 heteroatoms. The summed E-state index contributed by atoms with van der Waals surface area (Å²) in [6.45, 7) is 5.87. The average molecular weight is 303 g/mol. The largest absolute Gasteiger partial charge is 0.480 e. The lowest BCUT2D eigenvalue weighted by molar-refractivity contribution is -0.139. The Balaban J connectivity index is 2.50. The van der Waals surface area contributed by atoms with Crippen LogP contribution in [0.25, 0.3) is 0 Å². The number of carbonyl (C=O) groups is 2. The van der Waals surface area contributed by atoms with Crippen molar-refractivity contribution in [3.05, 3.63) is 35.9 Å². The Bertz CT molecular complexity index is 564. The first-order valence-electron chi connectivity index (χ1n) is 6.98. The molecule has 0 aliphatic carbocycles. The van der Waals surface area contributed by atoms with Gasteiger partial charge in [-0.25, -0.2) is 9.59 Å². The summed E-state index contributed by atoms with van der Waals surface area (Å²) in [6, 6.07) is 8.07. The van der Waals surface area contributed by atoms with E-state index >= 15 is 0 Å². The zero-order valence-electron chi connectivity index (χ0n) is 13.1. The molecule has 0 aliphatic heterocycles. The predicted octanol–water partition coefficient (Wildman–Crippen LogP) is 2.81. The summed E-state index contributed by atoms with van der Waals surface area (Å²) in [5, 5.41) is 11.4. The minimum atomic E-state index is -1.14. The van der Waals surface area contributed by atoms with Gasteiger partial charge < -0.3 is 15.2 Å². The van der Waals surface area contributed by atoms with E-state index in [0.29, 0.717) is 0 Å². The standard InChI is InChI=1S/C17H21NO4/c1-17(2,3)11-7-10-14(15(19)20)18-16(21)22-12-13-8-5-4-6-9-13/h4-6,8-9,14H,10,12H2,1-3H3,(H,18,21)(H,19,20)/t14-/m0/s1. The highest BCUT2D eigenvalue weighted by atomic mass is 16.5. The van der Waals surface area contributed by atoms with Crippen molar-refractivity contribution < 1.29 is 19.4 Å². The van der Waals surface area contributed by atoms with E-state index in [-0.39, 0.29) is 18.4 Å². The number of rotatable bonds is 5. The second kappa shape index (κ2) is 8.08. The summed E-state index contributed by atoms with van der Waals surface area (Å²) in [5.74, 6) is 4.58. The molecule has 0 aromatic heterocycles. The number of carbonyl (C=O) groups excluding carboxylic acids is 1. The number of hydrogen-bond acceptors (Lipinski definition) is 3. The summed E-state index contributed by atoms with van der Waals surface area (Å²) in [7, 11) is 0. The molecule has 1 amide bonds. The van der Waals surface area contributed by atoms with Crippen molar-refractivity contribution >= 4 is 12.1 Å². The Morgan fingerprint density at radius 3 is 2.45 bits per heavy atom. The zero-order valence-corrected chi connectivity index (χ0v) is 13.1. The summed E-state index contributed by atoms with van der Waals surface area (Å²) in [5.41, 5.74) is 0.619. The number of hydrogen-bond donors (Lipinski definition) is 2. The molecule has 1 aromatic rings. The number of benzene rings is 1. The lowest BCUT2D eigenvalue weighted by atomic mass is 9.97. The number of amides is 1. The van der Waals surface area contributed by atoms with Gasteiger partial charge in [0.2, 0.25) is 0 Å². The molecule has 5 nitrogen and oxygen atoms in total. The second-order valence-electron chi connectivity index (χ2n) is 5.85. The third-order valence-electron chi connectivity index (χ3n) is 2.57. The van der Waals surface area contributed by atoms with E-state index in [0.717, 1.165) is 5.56 Å². The molecule has 0 fully saturated rings. The summed E-state index contributed by atoms with van der Waals surface area (Å²) in [4.78, 5) is 22.8. The number of carboxylic acids is 1. The lowest BCUT2D eigenvalue weighted by Gasteiger charge is -2.13. The van der Waals surface area contributed by atoms with Gasteiger partial charge in [0.15, 0.2) is 0 Å². The molecule has 0 unspecified atom stereocenters. The molecule has 0 spiro atoms. The topological polar surface area (TPSA) is 75.6 Å². The average Bonchev–Trinajstić information content (AvgIpc) is 2.43. The molecule has 1 aromatic carbocycles. The highest BCUT2D eigenvalue weighted by Gasteiger charge is 2.19. The molecule has 0 saturated heterocycles. The third kappa shape index (κ3) is 7.34. The minimum Gasteiger partial charge on any atom is -0.480 e. The van der Waals surface area contributed by atoms with Gasteiger partial charge in [0.1, 0.15) is 12.6 Å². The minimum absolute atomic E-state index is 0.0348. The van der Waals surface area contributed by atoms with Gasteiger partial charge in [-0.3, -0.25) is 0 Å². The first-order valence-corrected chi connectivity index (χ1v) is 6.98. The maximum Gasteiger partial charge on any atom is 0.408 e. The first-order chi connectivity index (χ1) is 10.3. The van der Waals surface area contributed by atoms with E-state index in [1.54, 1.807) is 0 Å². The molecule has 0 heterocycles. The number of nitrogens with one attached hydrogen (secondary N) is 1. The lowest BCUT2D eigenvalue weighted by Crippen LogP contribution is -2.40. The maximum absolute atomic E-state index is 11.6. The molecule has 1 rings (SSSR count). The van der Waals surface area contributed by atoms with Crippen LogP contribution in [0.4, 0.5) is 4.79 Å². The normalized spacial score (nSPS) is 11.8. The molecular weight excluding hydrogens is 282 g/mol. The molecule has 0 aliphatic rings. The van der Waals surface area contributed by atoms with Crippen molar-refractivity contribution in [2.24, 2.45) is 5.41 Å². The van der Waals surface area contributed by atoms with Crippen molar-refractivity contribution in [2.75, 3.05) is 0 Å². The predicted molar refractivity (Wildman–Crippen MR) is 83.0 cm³/mol. The van der Waals surface area contributed by atoms with Crippen molar-refractivity contribution in [1.29, 1.82) is 0 Å². The Hall–Kier alpha value is -2.48. The zero-order chi connectivity index (χ0) is 16.6. The smallest absolute Gasteiger partial charge is 0.408 e. The van der Waals surface area contributed by atoms with Crippen LogP contribution in [0.2, 0.25) is 0 Å². The van der Waals surface area contributed by atoms with E-state index in [2.05, 4.69) is 17.2 Å². The molecule has 1 atom stereocenters. The highest BCUT2D eigenvalue weighted by molar-refractivity contribution is 5.80. The summed E-state index contributed by atoms with van der Waals surface area (Å²) in [6.07, 6.45) is -0.735. The monoisotopic (exact) mass is 303 g/mol. The number of aliphatic carboxylic acids is 1. The molecule has 22 heavy (non-hydrogen) atoms. The van der Waals surface area contributed by atoms with Crippen molar-refractivity contribution in [3.8, 4) is 11.8 Å². The van der Waals surface area contributed by atoms with Gasteiger partial charge in [-0.1, -0.05) is 42.2 Å². The summed E-state index contributed by atoms with van der Waals surface area (Å²) >= 11 is 0. The Morgan fingerprint density at radius 1 is 1.27 bits per heavy atom. The Labute approximate surface area is 130 Å². The fraction of sp³-hybridized carbons (Fsp3) is 0.412. The second-order valence-corrected chi connectivity index (χ2v) is 5.85. The van der Waals surface area contributed by atoms with Crippen LogP contribution in [0.5, 0.6) is 0 Å². The van der Waals surface area contributed by atoms with E-state index in [1.165, 1.54) is 0 Å². The van der Waals surface area contributed by atoms with Gasteiger partial charge in [-0.15, -0.1) is 0 Å². The molecule has 118 valence electrons. The van der Waals surface area contributed by atoms with Gasteiger partial charge in [0.25, 0.3) is 0 Å². The third-order valence-corrected chi connectivity index (χ3v) is 2.57. The molecule has 0 radical (unpaired) electrons. The van der Waals surface area contributed by atoms with Crippen LogP contribution in [0.3, 0.4) is 0 Å². The van der Waals surface area contributed by atoms with Crippen LogP contribution in [-0.4, -0.2) is 23.2 Å². The van der Waals surface area contributed by atoms with E-state index in [1.807, 2.05) is 51.1 Å². The maximum atomic E-state index is 11.6. The van der Waals surface area contributed by atoms with Crippen LogP contribution in [0, 0.1) is 17.3 Å². The Kier molecular flexibility index (Phi) is 6.46. The first kappa shape index (κ1) is 17.6. The van der Waals surface area contributed by atoms with E-state index in [4.69, 9.17) is 9.84 Å². The van der Waals surface area contributed by atoms with Crippen molar-refractivity contribution in [2.45, 2.75) is 39.8 Å². The van der Waals surface area contributed by atoms with Crippen LogP contribution in [-0.2, 0) is 16.1 Å².